The second-order valence-electron chi connectivity index (χ2n) is 2.96. The molecule has 0 aliphatic carbocycles. The van der Waals surface area contributed by atoms with Crippen LogP contribution in [0.5, 0.6) is 5.75 Å². The molecule has 1 aromatic carbocycles. The molecule has 0 fully saturated rings. The maximum atomic E-state index is 11.1. The van der Waals surface area contributed by atoms with Crippen LogP contribution in [0.3, 0.4) is 0 Å². The third-order valence-electron chi connectivity index (χ3n) is 1.78. The molecule has 0 saturated carbocycles. The Morgan fingerprint density at radius 3 is 2.00 bits per heavy atom. The van der Waals surface area contributed by atoms with Gasteiger partial charge in [0.2, 0.25) is 0 Å². The quantitative estimate of drug-likeness (QED) is 0.616. The first-order chi connectivity index (χ1) is 9.14. The average Bonchev–Trinajstić information content (AvgIpc) is 2.48. The van der Waals surface area contributed by atoms with Gasteiger partial charge in [-0.05, 0) is 18.2 Å². The van der Waals surface area contributed by atoms with Crippen molar-refractivity contribution >= 4 is 5.97 Å². The SMILES string of the molecule is C.C#Cc1cc(C(=O)OC)ccc1OC.CC.COC. The predicted octanol–water partition coefficient (Wildman–Crippen LogP) is 3.39. The summed E-state index contributed by atoms with van der Waals surface area (Å²) in [6.07, 6.45) is 5.25. The van der Waals surface area contributed by atoms with E-state index in [0.717, 1.165) is 0 Å². The summed E-state index contributed by atoms with van der Waals surface area (Å²) in [7, 11) is 6.09. The van der Waals surface area contributed by atoms with Gasteiger partial charge in [0.15, 0.2) is 0 Å². The van der Waals surface area contributed by atoms with Gasteiger partial charge in [-0.25, -0.2) is 4.79 Å². The van der Waals surface area contributed by atoms with Crippen molar-refractivity contribution in [1.29, 1.82) is 0 Å². The molecule has 114 valence electrons. The average molecular weight is 282 g/mol. The number of terminal acetylenes is 1. The number of methoxy groups -OCH3 is 3. The van der Waals surface area contributed by atoms with Crippen molar-refractivity contribution in [2.45, 2.75) is 21.3 Å². The van der Waals surface area contributed by atoms with E-state index in [-0.39, 0.29) is 7.43 Å². The van der Waals surface area contributed by atoms with Gasteiger partial charge in [-0.3, -0.25) is 0 Å². The van der Waals surface area contributed by atoms with Crippen LogP contribution in [-0.2, 0) is 9.47 Å². The maximum absolute atomic E-state index is 11.1. The Bertz CT molecular complexity index is 405. The molecule has 0 unspecified atom stereocenters. The van der Waals surface area contributed by atoms with Crippen LogP contribution in [0.15, 0.2) is 18.2 Å². The van der Waals surface area contributed by atoms with E-state index >= 15 is 0 Å². The number of esters is 1. The minimum Gasteiger partial charge on any atom is -0.495 e. The first-order valence-electron chi connectivity index (χ1n) is 5.77. The molecule has 0 radical (unpaired) electrons. The summed E-state index contributed by atoms with van der Waals surface area (Å²) < 4.78 is 13.8. The Morgan fingerprint density at radius 2 is 1.65 bits per heavy atom. The van der Waals surface area contributed by atoms with Crippen molar-refractivity contribution in [2.75, 3.05) is 28.4 Å². The molecule has 4 heteroatoms. The van der Waals surface area contributed by atoms with Crippen molar-refractivity contribution in [3.63, 3.8) is 0 Å². The van der Waals surface area contributed by atoms with Gasteiger partial charge in [-0.1, -0.05) is 27.2 Å². The Balaban J connectivity index is -0.000000426. The topological polar surface area (TPSA) is 44.8 Å². The second-order valence-corrected chi connectivity index (χ2v) is 2.96. The smallest absolute Gasteiger partial charge is 0.337 e. The molecule has 0 amide bonds. The van der Waals surface area contributed by atoms with Gasteiger partial charge in [-0.2, -0.15) is 0 Å². The molecule has 0 spiro atoms. The van der Waals surface area contributed by atoms with Crippen LogP contribution in [0.4, 0.5) is 0 Å². The van der Waals surface area contributed by atoms with E-state index in [0.29, 0.717) is 16.9 Å². The highest BCUT2D eigenvalue weighted by Crippen LogP contribution is 2.18. The molecule has 4 nitrogen and oxygen atoms in total. The van der Waals surface area contributed by atoms with E-state index in [4.69, 9.17) is 11.2 Å². The molecule has 0 N–H and O–H groups in total. The fraction of sp³-hybridized carbons (Fsp3) is 0.438. The van der Waals surface area contributed by atoms with Crippen LogP contribution in [0.25, 0.3) is 0 Å². The minimum absolute atomic E-state index is 0. The highest BCUT2D eigenvalue weighted by Gasteiger charge is 2.08. The maximum Gasteiger partial charge on any atom is 0.337 e. The van der Waals surface area contributed by atoms with E-state index in [2.05, 4.69) is 15.4 Å². The van der Waals surface area contributed by atoms with E-state index in [1.807, 2.05) is 13.8 Å². The lowest BCUT2D eigenvalue weighted by atomic mass is 10.1. The predicted molar refractivity (Wildman–Crippen MR) is 83.3 cm³/mol. The first kappa shape index (κ1) is 23.1. The molecule has 0 bridgehead atoms. The summed E-state index contributed by atoms with van der Waals surface area (Å²) in [5.41, 5.74) is 0.955. The van der Waals surface area contributed by atoms with Gasteiger partial charge in [0.05, 0.1) is 25.3 Å². The molecule has 0 atom stereocenters. The summed E-state index contributed by atoms with van der Waals surface area (Å²) in [4.78, 5) is 11.1. The Morgan fingerprint density at radius 1 is 1.15 bits per heavy atom. The summed E-state index contributed by atoms with van der Waals surface area (Å²) in [5.74, 6) is 2.59. The number of benzene rings is 1. The van der Waals surface area contributed by atoms with Gasteiger partial charge >= 0.3 is 5.97 Å². The van der Waals surface area contributed by atoms with Crippen molar-refractivity contribution in [3.8, 4) is 18.1 Å². The number of rotatable bonds is 2. The number of carbonyl (C=O) groups is 1. The second kappa shape index (κ2) is 15.1. The minimum atomic E-state index is -0.413. The van der Waals surface area contributed by atoms with Crippen molar-refractivity contribution in [3.05, 3.63) is 29.3 Å². The van der Waals surface area contributed by atoms with E-state index in [1.54, 1.807) is 32.4 Å². The number of hydrogen-bond donors (Lipinski definition) is 0. The highest BCUT2D eigenvalue weighted by molar-refractivity contribution is 5.90. The van der Waals surface area contributed by atoms with Crippen LogP contribution in [0.2, 0.25) is 0 Å². The normalized spacial score (nSPS) is 7.45. The third-order valence-corrected chi connectivity index (χ3v) is 1.78. The largest absolute Gasteiger partial charge is 0.495 e. The molecule has 0 heterocycles. The summed E-state index contributed by atoms with van der Waals surface area (Å²) in [6.45, 7) is 4.00. The zero-order chi connectivity index (χ0) is 15.3. The fourth-order valence-electron chi connectivity index (χ4n) is 1.07. The molecular formula is C16H26O4. The monoisotopic (exact) mass is 282 g/mol. The van der Waals surface area contributed by atoms with E-state index in [9.17, 15) is 4.79 Å². The zero-order valence-electron chi connectivity index (χ0n) is 12.4. The zero-order valence-corrected chi connectivity index (χ0v) is 12.4. The lowest BCUT2D eigenvalue weighted by Crippen LogP contribution is -2.01. The first-order valence-corrected chi connectivity index (χ1v) is 5.77. The van der Waals surface area contributed by atoms with Crippen LogP contribution >= 0.6 is 0 Å². The highest BCUT2D eigenvalue weighted by atomic mass is 16.5. The molecule has 1 rings (SSSR count). The Kier molecular flexibility index (Phi) is 17.4. The van der Waals surface area contributed by atoms with E-state index < -0.39 is 5.97 Å². The van der Waals surface area contributed by atoms with Gasteiger partial charge in [0, 0.05) is 14.2 Å². The van der Waals surface area contributed by atoms with Crippen LogP contribution in [0.1, 0.15) is 37.2 Å². The number of hydrogen-bond acceptors (Lipinski definition) is 4. The standard InChI is InChI=1S/C11H10O3.C2H6O.C2H6.CH4/c1-4-8-7-9(11(12)14-3)5-6-10(8)13-2;1-3-2;1-2;/h1,5-7H,2-3H3;1-2H3;1-2H3;1H4. The van der Waals surface area contributed by atoms with Gasteiger partial charge < -0.3 is 14.2 Å². The van der Waals surface area contributed by atoms with Crippen LogP contribution in [0, 0.1) is 12.3 Å². The van der Waals surface area contributed by atoms with E-state index in [1.165, 1.54) is 14.2 Å². The molecule has 20 heavy (non-hydrogen) atoms. The third kappa shape index (κ3) is 8.17. The Hall–Kier alpha value is -1.99. The van der Waals surface area contributed by atoms with Crippen LogP contribution in [-0.4, -0.2) is 34.4 Å². The fourth-order valence-corrected chi connectivity index (χ4v) is 1.07. The Labute approximate surface area is 123 Å². The van der Waals surface area contributed by atoms with Gasteiger partial charge in [0.25, 0.3) is 0 Å². The summed E-state index contributed by atoms with van der Waals surface area (Å²) in [6, 6.07) is 4.80. The van der Waals surface area contributed by atoms with Crippen molar-refractivity contribution < 1.29 is 19.0 Å². The van der Waals surface area contributed by atoms with Crippen LogP contribution < -0.4 is 4.74 Å². The molecule has 0 aromatic heterocycles. The summed E-state index contributed by atoms with van der Waals surface area (Å²) >= 11 is 0. The molecule has 1 aromatic rings. The lowest BCUT2D eigenvalue weighted by Gasteiger charge is -2.04. The summed E-state index contributed by atoms with van der Waals surface area (Å²) in [5, 5.41) is 0. The van der Waals surface area contributed by atoms with Crippen molar-refractivity contribution in [2.24, 2.45) is 0 Å². The molecule has 0 saturated heterocycles. The molecular weight excluding hydrogens is 256 g/mol. The van der Waals surface area contributed by atoms with Gasteiger partial charge in [-0.15, -0.1) is 6.42 Å². The van der Waals surface area contributed by atoms with Crippen molar-refractivity contribution in [1.82, 2.24) is 0 Å². The number of carbonyl (C=O) groups excluding carboxylic acids is 1. The number of ether oxygens (including phenoxy) is 3. The van der Waals surface area contributed by atoms with Gasteiger partial charge in [0.1, 0.15) is 5.75 Å². The molecule has 0 aliphatic rings. The lowest BCUT2D eigenvalue weighted by molar-refractivity contribution is 0.0600. The molecule has 0 aliphatic heterocycles.